The molecule has 1 saturated heterocycles. The zero-order chi connectivity index (χ0) is 23.3. The predicted octanol–water partition coefficient (Wildman–Crippen LogP) is 2.60. The van der Waals surface area contributed by atoms with Gasteiger partial charge in [-0.3, -0.25) is 9.59 Å². The Balaban J connectivity index is 1.70. The number of nitrogens with one attached hydrogen (secondary N) is 1. The lowest BCUT2D eigenvalue weighted by molar-refractivity contribution is -0.129. The first kappa shape index (κ1) is 24.3. The Morgan fingerprint density at radius 1 is 1.16 bits per heavy atom. The number of likely N-dealkylation sites (N-methyl/N-ethyl adjacent to an activating group) is 1. The van der Waals surface area contributed by atoms with Crippen LogP contribution in [0.3, 0.4) is 0 Å². The largest absolute Gasteiger partial charge is 0.342 e. The number of nitrogens with zero attached hydrogens (tertiary/aromatic N) is 5. The van der Waals surface area contributed by atoms with Crippen molar-refractivity contribution in [1.29, 1.82) is 0 Å². The van der Waals surface area contributed by atoms with Gasteiger partial charge in [0.05, 0.1) is 11.8 Å². The van der Waals surface area contributed by atoms with Gasteiger partial charge in [-0.15, -0.1) is 10.2 Å². The van der Waals surface area contributed by atoms with Crippen LogP contribution in [0.4, 0.5) is 0 Å². The van der Waals surface area contributed by atoms with E-state index in [4.69, 9.17) is 0 Å². The van der Waals surface area contributed by atoms with Crippen molar-refractivity contribution in [3.05, 3.63) is 41.2 Å². The van der Waals surface area contributed by atoms with Gasteiger partial charge in [-0.05, 0) is 38.9 Å². The van der Waals surface area contributed by atoms with E-state index in [1.807, 2.05) is 47.6 Å². The number of hydrogen-bond donors (Lipinski definition) is 1. The Kier molecular flexibility index (Phi) is 8.31. The van der Waals surface area contributed by atoms with E-state index in [1.54, 1.807) is 0 Å². The van der Waals surface area contributed by atoms with Gasteiger partial charge in [0.25, 0.3) is 5.91 Å². The summed E-state index contributed by atoms with van der Waals surface area (Å²) in [5.41, 5.74) is 1.67. The van der Waals surface area contributed by atoms with Crippen LogP contribution in [0, 0.1) is 12.8 Å². The summed E-state index contributed by atoms with van der Waals surface area (Å²) in [5.74, 6) is 1.19. The highest BCUT2D eigenvalue weighted by Crippen LogP contribution is 2.26. The van der Waals surface area contributed by atoms with E-state index in [-0.39, 0.29) is 23.8 Å². The van der Waals surface area contributed by atoms with Gasteiger partial charge in [0.15, 0.2) is 11.0 Å². The van der Waals surface area contributed by atoms with Gasteiger partial charge in [-0.1, -0.05) is 43.3 Å². The highest BCUT2D eigenvalue weighted by molar-refractivity contribution is 7.99. The number of carbonyl (C=O) groups is 2. The lowest BCUT2D eigenvalue weighted by atomic mass is 10.0. The fourth-order valence-electron chi connectivity index (χ4n) is 3.75. The first-order valence-electron chi connectivity index (χ1n) is 11.2. The normalized spacial score (nSPS) is 15.8. The minimum Gasteiger partial charge on any atom is -0.342 e. The van der Waals surface area contributed by atoms with E-state index in [2.05, 4.69) is 41.3 Å². The van der Waals surface area contributed by atoms with Crippen molar-refractivity contribution >= 4 is 23.6 Å². The molecule has 1 unspecified atom stereocenters. The van der Waals surface area contributed by atoms with E-state index < -0.39 is 0 Å². The van der Waals surface area contributed by atoms with Crippen LogP contribution in [-0.2, 0) is 11.3 Å². The molecule has 0 bridgehead atoms. The van der Waals surface area contributed by atoms with E-state index in [0.29, 0.717) is 23.0 Å². The Morgan fingerprint density at radius 2 is 1.88 bits per heavy atom. The number of rotatable bonds is 8. The van der Waals surface area contributed by atoms with Crippen LogP contribution < -0.4 is 5.32 Å². The summed E-state index contributed by atoms with van der Waals surface area (Å²) in [6, 6.07) is 7.27. The van der Waals surface area contributed by atoms with Gasteiger partial charge < -0.3 is 19.7 Å². The molecule has 0 aliphatic carbocycles. The third kappa shape index (κ3) is 5.89. The van der Waals surface area contributed by atoms with Gasteiger partial charge in [0.1, 0.15) is 0 Å². The quantitative estimate of drug-likeness (QED) is 0.612. The van der Waals surface area contributed by atoms with E-state index in [1.165, 1.54) is 11.8 Å². The fraction of sp³-hybridized carbons (Fsp3) is 0.565. The average Bonchev–Trinajstić information content (AvgIpc) is 3.18. The van der Waals surface area contributed by atoms with Crippen molar-refractivity contribution in [2.75, 3.05) is 39.0 Å². The second-order valence-electron chi connectivity index (χ2n) is 8.62. The third-order valence-corrected chi connectivity index (χ3v) is 6.71. The molecule has 1 fully saturated rings. The van der Waals surface area contributed by atoms with Crippen LogP contribution in [-0.4, -0.2) is 75.4 Å². The Labute approximate surface area is 194 Å². The SMILES string of the molecule is CCn1c(SCC(=O)N2CCN(C)CC2)nnc1C(NC(=O)c1cccc(C)c1)C(C)C. The monoisotopic (exact) mass is 458 g/mol. The highest BCUT2D eigenvalue weighted by atomic mass is 32.2. The number of amides is 2. The predicted molar refractivity (Wildman–Crippen MR) is 127 cm³/mol. The number of thioether (sulfide) groups is 1. The number of aromatic nitrogens is 3. The van der Waals surface area contributed by atoms with Crippen molar-refractivity contribution < 1.29 is 9.59 Å². The first-order chi connectivity index (χ1) is 15.3. The number of benzene rings is 1. The standard InChI is InChI=1S/C23H34N6O2S/c1-6-29-21(20(16(2)3)24-22(31)18-9-7-8-17(4)14-18)25-26-23(29)32-15-19(30)28-12-10-27(5)11-13-28/h7-9,14,16,20H,6,10-13,15H2,1-5H3,(H,24,31). The summed E-state index contributed by atoms with van der Waals surface area (Å²) in [5, 5.41) is 12.6. The number of hydrogen-bond acceptors (Lipinski definition) is 6. The van der Waals surface area contributed by atoms with Crippen LogP contribution in [0.15, 0.2) is 29.4 Å². The molecule has 0 saturated carbocycles. The van der Waals surface area contributed by atoms with Crippen LogP contribution in [0.1, 0.15) is 48.6 Å². The summed E-state index contributed by atoms with van der Waals surface area (Å²) in [4.78, 5) is 29.7. The van der Waals surface area contributed by atoms with E-state index >= 15 is 0 Å². The number of aryl methyl sites for hydroxylation is 1. The number of carbonyl (C=O) groups excluding carboxylic acids is 2. The molecule has 32 heavy (non-hydrogen) atoms. The van der Waals surface area contributed by atoms with Gasteiger partial charge >= 0.3 is 0 Å². The molecule has 2 amide bonds. The lowest BCUT2D eigenvalue weighted by Crippen LogP contribution is -2.47. The second-order valence-corrected chi connectivity index (χ2v) is 9.56. The maximum atomic E-state index is 12.9. The smallest absolute Gasteiger partial charge is 0.251 e. The molecule has 2 aromatic rings. The summed E-state index contributed by atoms with van der Waals surface area (Å²) >= 11 is 1.41. The minimum absolute atomic E-state index is 0.127. The molecule has 9 heteroatoms. The molecule has 1 atom stereocenters. The van der Waals surface area contributed by atoms with E-state index in [0.717, 1.165) is 37.6 Å². The van der Waals surface area contributed by atoms with Crippen LogP contribution >= 0.6 is 11.8 Å². The van der Waals surface area contributed by atoms with Crippen LogP contribution in [0.5, 0.6) is 0 Å². The highest BCUT2D eigenvalue weighted by Gasteiger charge is 2.27. The maximum absolute atomic E-state index is 12.9. The van der Waals surface area contributed by atoms with Gasteiger partial charge in [0.2, 0.25) is 5.91 Å². The molecule has 1 aliphatic rings. The van der Waals surface area contributed by atoms with Crippen molar-refractivity contribution in [3.8, 4) is 0 Å². The van der Waals surface area contributed by atoms with Gasteiger partial charge in [-0.25, -0.2) is 0 Å². The third-order valence-electron chi connectivity index (χ3n) is 5.75. The molecule has 1 aromatic carbocycles. The minimum atomic E-state index is -0.279. The topological polar surface area (TPSA) is 83.4 Å². The Morgan fingerprint density at radius 3 is 2.50 bits per heavy atom. The van der Waals surface area contributed by atoms with Crippen molar-refractivity contribution in [2.45, 2.75) is 45.4 Å². The van der Waals surface area contributed by atoms with Gasteiger partial charge in [0, 0.05) is 38.3 Å². The fourth-order valence-corrected chi connectivity index (χ4v) is 4.66. The van der Waals surface area contributed by atoms with Crippen LogP contribution in [0.2, 0.25) is 0 Å². The molecule has 0 radical (unpaired) electrons. The zero-order valence-corrected chi connectivity index (χ0v) is 20.5. The average molecular weight is 459 g/mol. The van der Waals surface area contributed by atoms with Crippen molar-refractivity contribution in [1.82, 2.24) is 29.9 Å². The molecule has 3 rings (SSSR count). The van der Waals surface area contributed by atoms with Crippen molar-refractivity contribution in [2.24, 2.45) is 5.92 Å². The summed E-state index contributed by atoms with van der Waals surface area (Å²) < 4.78 is 2.00. The molecule has 8 nitrogen and oxygen atoms in total. The molecule has 174 valence electrons. The molecule has 2 heterocycles. The Hall–Kier alpha value is -2.39. The van der Waals surface area contributed by atoms with Gasteiger partial charge in [-0.2, -0.15) is 0 Å². The summed E-state index contributed by atoms with van der Waals surface area (Å²) in [6.45, 7) is 12.1. The second kappa shape index (κ2) is 11.0. The molecule has 1 N–H and O–H groups in total. The van der Waals surface area contributed by atoms with Crippen LogP contribution in [0.25, 0.3) is 0 Å². The summed E-state index contributed by atoms with van der Waals surface area (Å²) in [6.07, 6.45) is 0. The number of piperazine rings is 1. The van der Waals surface area contributed by atoms with Crippen molar-refractivity contribution in [3.63, 3.8) is 0 Å². The molecular weight excluding hydrogens is 424 g/mol. The Bertz CT molecular complexity index is 936. The molecular formula is C23H34N6O2S. The molecule has 1 aromatic heterocycles. The zero-order valence-electron chi connectivity index (χ0n) is 19.7. The lowest BCUT2D eigenvalue weighted by Gasteiger charge is -2.32. The first-order valence-corrected chi connectivity index (χ1v) is 12.2. The summed E-state index contributed by atoms with van der Waals surface area (Å²) in [7, 11) is 2.07. The maximum Gasteiger partial charge on any atom is 0.251 e. The molecule has 1 aliphatic heterocycles. The van der Waals surface area contributed by atoms with E-state index in [9.17, 15) is 9.59 Å². The molecule has 0 spiro atoms.